The van der Waals surface area contributed by atoms with Crippen molar-refractivity contribution in [2.24, 2.45) is 0 Å². The monoisotopic (exact) mass is 1540 g/mol. The Balaban J connectivity index is 0.000000133. The first-order valence-electron chi connectivity index (χ1n) is 40.1. The highest BCUT2D eigenvalue weighted by atomic mass is 35.5. The van der Waals surface area contributed by atoms with Crippen LogP contribution in [-0.4, -0.2) is 142 Å². The number of likely N-dealkylation sites (N-methyl/N-ethyl adjacent to an activating group) is 1. The molecule has 0 bridgehead atoms. The molecule has 2 aliphatic heterocycles. The smallest absolute Gasteiger partial charge is 0.227 e. The van der Waals surface area contributed by atoms with Crippen molar-refractivity contribution in [3.8, 4) is 33.8 Å². The van der Waals surface area contributed by atoms with Gasteiger partial charge in [-0.1, -0.05) is 218 Å². The van der Waals surface area contributed by atoms with Crippen LogP contribution in [0, 0.1) is 0 Å². The first-order chi connectivity index (χ1) is 55.0. The zero-order valence-corrected chi connectivity index (χ0v) is 66.8. The average molecular weight is 1550 g/mol. The Bertz CT molecular complexity index is 5110. The van der Waals surface area contributed by atoms with Gasteiger partial charge in [-0.05, 0) is 206 Å². The highest BCUT2D eigenvalue weighted by Crippen LogP contribution is 2.47. The predicted octanol–water partition coefficient (Wildman–Crippen LogP) is 20.8. The number of benzene rings is 9. The van der Waals surface area contributed by atoms with Gasteiger partial charge >= 0.3 is 0 Å². The molecule has 0 spiro atoms. The molecule has 5 heterocycles. The molecule has 17 rings (SSSR count). The first-order valence-corrected chi connectivity index (χ1v) is 41.2. The second kappa shape index (κ2) is 37.7. The predicted molar refractivity (Wildman–Crippen MR) is 461 cm³/mol. The van der Waals surface area contributed by atoms with Crippen LogP contribution in [0.2, 0.25) is 15.1 Å². The van der Waals surface area contributed by atoms with Crippen LogP contribution >= 0.6 is 34.8 Å². The summed E-state index contributed by atoms with van der Waals surface area (Å²) in [5, 5.41) is 12.6. The number of nitrogens with zero attached hydrogens (tertiary/aromatic N) is 10. The number of halogens is 3. The molecule has 5 aliphatic rings. The van der Waals surface area contributed by atoms with Crippen molar-refractivity contribution in [2.45, 2.75) is 95.3 Å². The van der Waals surface area contributed by atoms with Gasteiger partial charge in [0.05, 0.1) is 23.7 Å². The van der Waals surface area contributed by atoms with Gasteiger partial charge in [-0.2, -0.15) is 0 Å². The SMILES string of the molecule is CCCCN(C)CCc1ccc(Nc2ncc3c(n2)-c2ccccc2C(c2ccccc2Cl)C3)cc1.COCCN1CCN(CCc2ccc(Nc3ncc4c(n3)-c3ccccc3C(c3ccccc3Cl)C4)cc2)CC1.Clc1ccccc1C1Cc2cnc(Nc3ccc(CCN4CCCCC4)cc3)nc2-c2ccccc21. The molecular weight excluding hydrogens is 1450 g/mol. The Morgan fingerprint density at radius 2 is 0.714 bits per heavy atom. The van der Waals surface area contributed by atoms with Gasteiger partial charge in [0, 0.05) is 145 Å². The Kier molecular flexibility index (Phi) is 26.2. The summed E-state index contributed by atoms with van der Waals surface area (Å²) in [6, 6.07) is 76.0. The standard InChI is InChI=1S/C33H36ClN5O.C31H31ClN4.C31H33ClN4/c1-40-21-20-39-18-16-38(17-19-39)15-14-24-10-12-26(13-11-24)36-33-35-23-25-22-30(28-7-4-5-9-31(28)34)27-6-2-3-8-29(27)32(25)37-33;32-29-11-5-4-9-26(29)28-20-23-21-33-31(35-30(23)27-10-3-2-8-25(27)28)34-24-14-12-22(13-15-24)16-19-36-17-6-1-7-18-36;1-3-4-18-36(2)19-17-22-13-15-24(16-14-22)34-31-33-21-23-20-28(26-10-7-8-12-29(26)32)25-9-5-6-11-27(25)30(23)35-31/h2-13,23,30H,14-22H2,1H3,(H,35,36,37);2-5,8-15,21,28H,1,6-7,16-20H2,(H,33,34,35);5-16,21,28H,3-4,17-20H2,1-2H3,(H,33,34,35). The molecule has 9 aromatic carbocycles. The summed E-state index contributed by atoms with van der Waals surface area (Å²) < 4.78 is 5.21. The van der Waals surface area contributed by atoms with Crippen LogP contribution in [0.1, 0.15) is 124 Å². The molecule has 0 saturated carbocycles. The van der Waals surface area contributed by atoms with E-state index in [1.54, 1.807) is 7.11 Å². The molecule has 3 N–H and O–H groups in total. The minimum atomic E-state index is 0.187. The third kappa shape index (κ3) is 19.3. The molecule has 3 unspecified atom stereocenters. The Morgan fingerprint density at radius 1 is 0.384 bits per heavy atom. The first kappa shape index (κ1) is 77.6. The van der Waals surface area contributed by atoms with Gasteiger partial charge in [0.15, 0.2) is 0 Å². The fourth-order valence-corrected chi connectivity index (χ4v) is 17.2. The third-order valence-electron chi connectivity index (χ3n) is 22.7. The van der Waals surface area contributed by atoms with E-state index in [0.29, 0.717) is 17.8 Å². The lowest BCUT2D eigenvalue weighted by Crippen LogP contribution is -2.47. The van der Waals surface area contributed by atoms with Gasteiger partial charge in [-0.25, -0.2) is 29.9 Å². The van der Waals surface area contributed by atoms with Crippen LogP contribution < -0.4 is 16.0 Å². The summed E-state index contributed by atoms with van der Waals surface area (Å²) >= 11 is 19.8. The third-order valence-corrected chi connectivity index (χ3v) is 23.8. The number of methoxy groups -OCH3 is 1. The van der Waals surface area contributed by atoms with Gasteiger partial charge in [0.2, 0.25) is 17.8 Å². The molecule has 3 aliphatic carbocycles. The van der Waals surface area contributed by atoms with Crippen molar-refractivity contribution in [1.82, 2.24) is 49.5 Å². The van der Waals surface area contributed by atoms with Crippen molar-refractivity contribution in [2.75, 3.05) is 109 Å². The van der Waals surface area contributed by atoms with E-state index in [1.165, 1.54) is 78.6 Å². The number of unbranched alkanes of at least 4 members (excludes halogenated alkanes) is 1. The largest absolute Gasteiger partial charge is 0.383 e. The summed E-state index contributed by atoms with van der Waals surface area (Å²) in [7, 11) is 3.97. The van der Waals surface area contributed by atoms with E-state index in [0.717, 1.165) is 203 Å². The molecule has 3 aromatic heterocycles. The molecule has 112 heavy (non-hydrogen) atoms. The fourth-order valence-electron chi connectivity index (χ4n) is 16.4. The van der Waals surface area contributed by atoms with Crippen molar-refractivity contribution in [1.29, 1.82) is 0 Å². The molecule has 17 heteroatoms. The van der Waals surface area contributed by atoms with Gasteiger partial charge < -0.3 is 35.4 Å². The van der Waals surface area contributed by atoms with Crippen LogP contribution in [0.15, 0.2) is 237 Å². The number of piperazine rings is 1. The molecule has 14 nitrogen and oxygen atoms in total. The number of fused-ring (bicyclic) bond motifs is 9. The second-order valence-corrected chi connectivity index (χ2v) is 31.5. The minimum absolute atomic E-state index is 0.187. The Labute approximate surface area is 676 Å². The Hall–Kier alpha value is -9.71. The van der Waals surface area contributed by atoms with Crippen LogP contribution in [0.3, 0.4) is 0 Å². The van der Waals surface area contributed by atoms with Crippen molar-refractivity contribution in [3.05, 3.63) is 319 Å². The summed E-state index contributed by atoms with van der Waals surface area (Å²) in [4.78, 5) is 38.9. The van der Waals surface area contributed by atoms with E-state index in [9.17, 15) is 0 Å². The van der Waals surface area contributed by atoms with Gasteiger partial charge in [-0.15, -0.1) is 0 Å². The van der Waals surface area contributed by atoms with E-state index in [1.807, 2.05) is 55.0 Å². The summed E-state index contributed by atoms with van der Waals surface area (Å²) in [6.07, 6.45) is 18.2. The number of likely N-dealkylation sites (tertiary alicyclic amines) is 1. The lowest BCUT2D eigenvalue weighted by Gasteiger charge is -2.34. The van der Waals surface area contributed by atoms with Gasteiger partial charge in [0.1, 0.15) is 0 Å². The molecule has 0 radical (unpaired) electrons. The fraction of sp³-hybridized carbons (Fsp3) is 0.305. The molecule has 12 aromatic rings. The van der Waals surface area contributed by atoms with Crippen LogP contribution in [0.5, 0.6) is 0 Å². The average Bonchev–Trinajstić information content (AvgIpc) is 0.768. The van der Waals surface area contributed by atoms with E-state index < -0.39 is 0 Å². The number of rotatable bonds is 24. The quantitative estimate of drug-likeness (QED) is 0.0529. The highest BCUT2D eigenvalue weighted by Gasteiger charge is 2.32. The number of ether oxygens (including phenoxy) is 1. The zero-order valence-electron chi connectivity index (χ0n) is 64.5. The van der Waals surface area contributed by atoms with Crippen molar-refractivity contribution in [3.63, 3.8) is 0 Å². The normalized spacial score (nSPS) is 16.4. The molecule has 2 saturated heterocycles. The molecule has 572 valence electrons. The number of hydrogen-bond acceptors (Lipinski definition) is 14. The zero-order chi connectivity index (χ0) is 76.5. The summed E-state index contributed by atoms with van der Waals surface area (Å²) in [6.45, 7) is 15.6. The molecular formula is C95H100Cl3N13O. The number of aromatic nitrogens is 6. The van der Waals surface area contributed by atoms with Crippen LogP contribution in [0.25, 0.3) is 33.8 Å². The van der Waals surface area contributed by atoms with E-state index >= 15 is 0 Å². The number of nitrogens with one attached hydrogen (secondary N) is 3. The van der Waals surface area contributed by atoms with Gasteiger partial charge in [0.25, 0.3) is 0 Å². The second-order valence-electron chi connectivity index (χ2n) is 30.2. The van der Waals surface area contributed by atoms with Crippen molar-refractivity contribution >= 4 is 69.7 Å². The highest BCUT2D eigenvalue weighted by molar-refractivity contribution is 6.32. The minimum Gasteiger partial charge on any atom is -0.383 e. The number of hydrogen-bond donors (Lipinski definition) is 3. The van der Waals surface area contributed by atoms with Crippen molar-refractivity contribution < 1.29 is 4.74 Å². The lowest BCUT2D eigenvalue weighted by molar-refractivity contribution is 0.0976. The van der Waals surface area contributed by atoms with E-state index in [-0.39, 0.29) is 17.8 Å². The van der Waals surface area contributed by atoms with E-state index in [2.05, 4.69) is 246 Å². The van der Waals surface area contributed by atoms with Crippen LogP contribution in [-0.2, 0) is 43.3 Å². The Morgan fingerprint density at radius 3 is 1.07 bits per heavy atom. The molecule has 0 amide bonds. The topological polar surface area (TPSA) is 136 Å². The summed E-state index contributed by atoms with van der Waals surface area (Å²) in [5.74, 6) is 2.43. The number of piperidine rings is 1. The maximum atomic E-state index is 6.61. The number of anilines is 6. The molecule has 2 fully saturated rings. The lowest BCUT2D eigenvalue weighted by atomic mass is 9.78. The van der Waals surface area contributed by atoms with Crippen LogP contribution in [0.4, 0.5) is 34.9 Å². The molecule has 3 atom stereocenters. The van der Waals surface area contributed by atoms with Gasteiger partial charge in [-0.3, -0.25) is 4.90 Å². The van der Waals surface area contributed by atoms with E-state index in [4.69, 9.17) is 54.5 Å². The maximum absolute atomic E-state index is 6.61. The summed E-state index contributed by atoms with van der Waals surface area (Å²) in [5.41, 5.74) is 24.2. The maximum Gasteiger partial charge on any atom is 0.227 e.